The largest absolute Gasteiger partial charge is 0.493 e. The van der Waals surface area contributed by atoms with Crippen LogP contribution in [0.4, 0.5) is 4.39 Å². The lowest BCUT2D eigenvalue weighted by Crippen LogP contribution is -1.98. The highest BCUT2D eigenvalue weighted by Crippen LogP contribution is 2.16. The molecule has 0 fully saturated rings. The monoisotopic (exact) mass is 238 g/mol. The number of benzene rings is 1. The Hall–Kier alpha value is -1.05. The van der Waals surface area contributed by atoms with Crippen LogP contribution >= 0.6 is 0 Å². The Bertz CT molecular complexity index is 323. The zero-order chi connectivity index (χ0) is 12.5. The fraction of sp³-hybridized carbons (Fsp3) is 0.600. The summed E-state index contributed by atoms with van der Waals surface area (Å²) in [7, 11) is 0. The first-order chi connectivity index (χ1) is 8.24. The van der Waals surface area contributed by atoms with Crippen LogP contribution in [-0.2, 0) is 0 Å². The third kappa shape index (κ3) is 5.71. The van der Waals surface area contributed by atoms with Gasteiger partial charge in [-0.2, -0.15) is 0 Å². The molecule has 0 aliphatic rings. The van der Waals surface area contributed by atoms with E-state index in [1.54, 1.807) is 13.0 Å². The van der Waals surface area contributed by atoms with Gasteiger partial charge in [-0.25, -0.2) is 4.39 Å². The van der Waals surface area contributed by atoms with E-state index in [1.165, 1.54) is 38.2 Å². The van der Waals surface area contributed by atoms with E-state index in [0.717, 1.165) is 6.42 Å². The first-order valence-corrected chi connectivity index (χ1v) is 6.63. The minimum atomic E-state index is -0.189. The number of hydrogen-bond acceptors (Lipinski definition) is 1. The summed E-state index contributed by atoms with van der Waals surface area (Å²) in [6.45, 7) is 4.66. The number of unbranched alkanes of at least 4 members (excludes halogenated alkanes) is 5. The van der Waals surface area contributed by atoms with Gasteiger partial charge in [0.1, 0.15) is 11.6 Å². The van der Waals surface area contributed by atoms with E-state index in [0.29, 0.717) is 17.9 Å². The van der Waals surface area contributed by atoms with Gasteiger partial charge in [0.2, 0.25) is 0 Å². The number of halogens is 1. The van der Waals surface area contributed by atoms with Crippen molar-refractivity contribution in [2.24, 2.45) is 0 Å². The molecule has 0 aliphatic carbocycles. The Kier molecular flexibility index (Phi) is 6.68. The Morgan fingerprint density at radius 1 is 1.06 bits per heavy atom. The van der Waals surface area contributed by atoms with Gasteiger partial charge in [0.05, 0.1) is 6.61 Å². The summed E-state index contributed by atoms with van der Waals surface area (Å²) in [5.41, 5.74) is 0.664. The maximum absolute atomic E-state index is 13.2. The Morgan fingerprint density at radius 3 is 2.47 bits per heavy atom. The van der Waals surface area contributed by atoms with Gasteiger partial charge >= 0.3 is 0 Å². The summed E-state index contributed by atoms with van der Waals surface area (Å²) in [6, 6.07) is 5.05. The summed E-state index contributed by atoms with van der Waals surface area (Å²) < 4.78 is 18.7. The molecule has 0 saturated carbocycles. The molecule has 0 heterocycles. The number of ether oxygens (including phenoxy) is 1. The molecular formula is C15H23FO. The van der Waals surface area contributed by atoms with Crippen LogP contribution in [0.2, 0.25) is 0 Å². The minimum Gasteiger partial charge on any atom is -0.493 e. The molecule has 0 radical (unpaired) electrons. The van der Waals surface area contributed by atoms with Gasteiger partial charge in [0.25, 0.3) is 0 Å². The van der Waals surface area contributed by atoms with E-state index >= 15 is 0 Å². The topological polar surface area (TPSA) is 9.23 Å². The van der Waals surface area contributed by atoms with E-state index in [4.69, 9.17) is 4.74 Å². The van der Waals surface area contributed by atoms with Crippen molar-refractivity contribution in [1.29, 1.82) is 0 Å². The molecule has 1 nitrogen and oxygen atoms in total. The lowest BCUT2D eigenvalue weighted by atomic mass is 10.1. The van der Waals surface area contributed by atoms with Crippen LogP contribution in [0.15, 0.2) is 18.2 Å². The predicted octanol–water partition coefficient (Wildman–Crippen LogP) is 4.87. The second kappa shape index (κ2) is 8.10. The van der Waals surface area contributed by atoms with Gasteiger partial charge in [-0.3, -0.25) is 0 Å². The van der Waals surface area contributed by atoms with E-state index in [9.17, 15) is 4.39 Å². The van der Waals surface area contributed by atoms with Crippen LogP contribution in [0.1, 0.15) is 51.0 Å². The van der Waals surface area contributed by atoms with Crippen molar-refractivity contribution in [2.45, 2.75) is 52.4 Å². The number of rotatable bonds is 8. The van der Waals surface area contributed by atoms with Gasteiger partial charge in [-0.1, -0.05) is 45.1 Å². The van der Waals surface area contributed by atoms with E-state index in [2.05, 4.69) is 6.92 Å². The molecule has 0 bridgehead atoms. The quantitative estimate of drug-likeness (QED) is 0.587. The molecule has 2 heteroatoms. The van der Waals surface area contributed by atoms with Crippen LogP contribution in [0, 0.1) is 12.7 Å². The van der Waals surface area contributed by atoms with Crippen molar-refractivity contribution in [3.8, 4) is 5.75 Å². The molecule has 0 atom stereocenters. The lowest BCUT2D eigenvalue weighted by Gasteiger charge is -2.07. The first-order valence-electron chi connectivity index (χ1n) is 6.63. The Labute approximate surface area is 104 Å². The fourth-order valence-electron chi connectivity index (χ4n) is 1.74. The summed E-state index contributed by atoms with van der Waals surface area (Å²) in [5, 5.41) is 0. The fourth-order valence-corrected chi connectivity index (χ4v) is 1.74. The average molecular weight is 238 g/mol. The summed E-state index contributed by atoms with van der Waals surface area (Å²) in [6.07, 6.45) is 7.45. The first kappa shape index (κ1) is 14.0. The molecule has 17 heavy (non-hydrogen) atoms. The smallest absolute Gasteiger partial charge is 0.129 e. The molecule has 0 N–H and O–H groups in total. The summed E-state index contributed by atoms with van der Waals surface area (Å²) >= 11 is 0. The van der Waals surface area contributed by atoms with E-state index in [1.807, 2.05) is 6.07 Å². The second-order valence-corrected chi connectivity index (χ2v) is 4.53. The third-order valence-electron chi connectivity index (χ3n) is 2.91. The Morgan fingerprint density at radius 2 is 1.76 bits per heavy atom. The normalized spacial score (nSPS) is 10.5. The van der Waals surface area contributed by atoms with Crippen LogP contribution < -0.4 is 4.74 Å². The molecule has 96 valence electrons. The SMILES string of the molecule is CCCCCCCCOc1ccc(C)c(F)c1. The zero-order valence-electron chi connectivity index (χ0n) is 11.0. The molecule has 0 amide bonds. The van der Waals surface area contributed by atoms with Gasteiger partial charge in [0.15, 0.2) is 0 Å². The predicted molar refractivity (Wildman–Crippen MR) is 70.0 cm³/mol. The molecule has 0 spiro atoms. The third-order valence-corrected chi connectivity index (χ3v) is 2.91. The van der Waals surface area contributed by atoms with Crippen molar-refractivity contribution in [2.75, 3.05) is 6.61 Å². The molecule has 1 aromatic rings. The molecule has 0 saturated heterocycles. The molecule has 0 unspecified atom stereocenters. The molecule has 1 rings (SSSR count). The molecule has 1 aromatic carbocycles. The standard InChI is InChI=1S/C15H23FO/c1-3-4-5-6-7-8-11-17-14-10-9-13(2)15(16)12-14/h9-10,12H,3-8,11H2,1-2H3. The van der Waals surface area contributed by atoms with Crippen molar-refractivity contribution in [1.82, 2.24) is 0 Å². The maximum Gasteiger partial charge on any atom is 0.129 e. The maximum atomic E-state index is 13.2. The van der Waals surface area contributed by atoms with Gasteiger partial charge in [-0.05, 0) is 25.0 Å². The minimum absolute atomic E-state index is 0.189. The molecular weight excluding hydrogens is 215 g/mol. The highest BCUT2D eigenvalue weighted by Gasteiger charge is 1.99. The van der Waals surface area contributed by atoms with Crippen molar-refractivity contribution in [3.63, 3.8) is 0 Å². The molecule has 0 aliphatic heterocycles. The number of aryl methyl sites for hydroxylation is 1. The average Bonchev–Trinajstić information content (AvgIpc) is 2.32. The van der Waals surface area contributed by atoms with Crippen molar-refractivity contribution >= 4 is 0 Å². The summed E-state index contributed by atoms with van der Waals surface area (Å²) in [5.74, 6) is 0.451. The van der Waals surface area contributed by atoms with Crippen LogP contribution in [0.5, 0.6) is 5.75 Å². The summed E-state index contributed by atoms with van der Waals surface area (Å²) in [4.78, 5) is 0. The molecule has 0 aromatic heterocycles. The Balaban J connectivity index is 2.11. The number of hydrogen-bond donors (Lipinski definition) is 0. The van der Waals surface area contributed by atoms with E-state index < -0.39 is 0 Å². The highest BCUT2D eigenvalue weighted by atomic mass is 19.1. The van der Waals surface area contributed by atoms with Crippen molar-refractivity contribution in [3.05, 3.63) is 29.6 Å². The lowest BCUT2D eigenvalue weighted by molar-refractivity contribution is 0.303. The van der Waals surface area contributed by atoms with Crippen LogP contribution in [0.3, 0.4) is 0 Å². The van der Waals surface area contributed by atoms with Crippen molar-refractivity contribution < 1.29 is 9.13 Å². The van der Waals surface area contributed by atoms with Gasteiger partial charge in [-0.15, -0.1) is 0 Å². The van der Waals surface area contributed by atoms with Crippen LogP contribution in [0.25, 0.3) is 0 Å². The highest BCUT2D eigenvalue weighted by molar-refractivity contribution is 5.27. The second-order valence-electron chi connectivity index (χ2n) is 4.53. The van der Waals surface area contributed by atoms with Gasteiger partial charge < -0.3 is 4.74 Å². The zero-order valence-corrected chi connectivity index (χ0v) is 11.0. The van der Waals surface area contributed by atoms with Gasteiger partial charge in [0, 0.05) is 6.07 Å². The van der Waals surface area contributed by atoms with Crippen LogP contribution in [-0.4, -0.2) is 6.61 Å². The van der Waals surface area contributed by atoms with E-state index in [-0.39, 0.29) is 5.82 Å².